The largest absolute Gasteiger partial charge is 0.396 e. The zero-order valence-electron chi connectivity index (χ0n) is 15.9. The zero-order valence-corrected chi connectivity index (χ0v) is 15.9. The molecule has 2 saturated carbocycles. The van der Waals surface area contributed by atoms with E-state index in [1.807, 2.05) is 0 Å². The molecule has 25 heavy (non-hydrogen) atoms. The van der Waals surface area contributed by atoms with Crippen LogP contribution in [-0.2, 0) is 0 Å². The maximum absolute atomic E-state index is 10.3. The number of fused-ring (bicyclic) bond motifs is 1. The molecular formula is C21H37NO3. The summed E-state index contributed by atoms with van der Waals surface area (Å²) in [6.07, 6.45) is 6.99. The molecule has 1 heterocycles. The molecular weight excluding hydrogens is 314 g/mol. The van der Waals surface area contributed by atoms with Gasteiger partial charge in [-0.1, -0.05) is 19.1 Å². The monoisotopic (exact) mass is 351 g/mol. The average molecular weight is 352 g/mol. The van der Waals surface area contributed by atoms with Gasteiger partial charge < -0.3 is 20.2 Å². The Morgan fingerprint density at radius 2 is 1.84 bits per heavy atom. The third-order valence-corrected chi connectivity index (χ3v) is 7.81. The van der Waals surface area contributed by atoms with Crippen LogP contribution in [0.25, 0.3) is 0 Å². The lowest BCUT2D eigenvalue weighted by Crippen LogP contribution is -2.52. The molecule has 3 rings (SSSR count). The van der Waals surface area contributed by atoms with Crippen molar-refractivity contribution in [3.8, 4) is 0 Å². The molecule has 2 aliphatic carbocycles. The highest BCUT2D eigenvalue weighted by molar-refractivity contribution is 5.15. The zero-order chi connectivity index (χ0) is 18.0. The first-order valence-electron chi connectivity index (χ1n) is 10.3. The molecule has 1 saturated heterocycles. The van der Waals surface area contributed by atoms with Crippen LogP contribution in [0.3, 0.4) is 0 Å². The maximum Gasteiger partial charge on any atom is 0.0593 e. The SMILES string of the molecule is C=C1CCC2C(CO)C(O)CCC2(C)C1CCN1CCC(CO)CC1. The van der Waals surface area contributed by atoms with E-state index in [9.17, 15) is 15.3 Å². The fourth-order valence-corrected chi connectivity index (χ4v) is 6.06. The van der Waals surface area contributed by atoms with Gasteiger partial charge in [0.1, 0.15) is 0 Å². The van der Waals surface area contributed by atoms with Crippen LogP contribution in [0, 0.1) is 29.1 Å². The minimum absolute atomic E-state index is 0.0367. The van der Waals surface area contributed by atoms with E-state index in [0.29, 0.717) is 24.4 Å². The normalized spacial score (nSPS) is 40.9. The molecule has 5 unspecified atom stereocenters. The van der Waals surface area contributed by atoms with Crippen molar-refractivity contribution in [2.24, 2.45) is 29.1 Å². The summed E-state index contributed by atoms with van der Waals surface area (Å²) in [5, 5.41) is 29.5. The third-order valence-electron chi connectivity index (χ3n) is 7.81. The van der Waals surface area contributed by atoms with Gasteiger partial charge in [0, 0.05) is 19.1 Å². The van der Waals surface area contributed by atoms with Crippen molar-refractivity contribution < 1.29 is 15.3 Å². The summed E-state index contributed by atoms with van der Waals surface area (Å²) < 4.78 is 0. The van der Waals surface area contributed by atoms with Crippen molar-refractivity contribution in [3.63, 3.8) is 0 Å². The van der Waals surface area contributed by atoms with Gasteiger partial charge in [0.2, 0.25) is 0 Å². The van der Waals surface area contributed by atoms with Crippen molar-refractivity contribution in [1.82, 2.24) is 4.90 Å². The number of aliphatic hydroxyl groups is 3. The van der Waals surface area contributed by atoms with Gasteiger partial charge in [-0.05, 0) is 87.7 Å². The number of hydrogen-bond donors (Lipinski definition) is 3. The highest BCUT2D eigenvalue weighted by Crippen LogP contribution is 2.57. The molecule has 0 aromatic rings. The Bertz CT molecular complexity index is 460. The van der Waals surface area contributed by atoms with Crippen LogP contribution < -0.4 is 0 Å². The summed E-state index contributed by atoms with van der Waals surface area (Å²) in [7, 11) is 0. The number of rotatable bonds is 5. The topological polar surface area (TPSA) is 63.9 Å². The third kappa shape index (κ3) is 3.83. The van der Waals surface area contributed by atoms with Crippen molar-refractivity contribution in [2.75, 3.05) is 32.8 Å². The Labute approximate surface area is 152 Å². The molecule has 1 aliphatic heterocycles. The first-order chi connectivity index (χ1) is 12.0. The highest BCUT2D eigenvalue weighted by atomic mass is 16.3. The predicted octanol–water partition coefficient (Wildman–Crippen LogP) is 2.43. The molecule has 4 nitrogen and oxygen atoms in total. The first-order valence-corrected chi connectivity index (χ1v) is 10.3. The molecule has 0 bridgehead atoms. The van der Waals surface area contributed by atoms with Crippen LogP contribution in [-0.4, -0.2) is 59.2 Å². The van der Waals surface area contributed by atoms with E-state index < -0.39 is 0 Å². The summed E-state index contributed by atoms with van der Waals surface area (Å²) in [4.78, 5) is 2.55. The summed E-state index contributed by atoms with van der Waals surface area (Å²) in [5.74, 6) is 1.45. The second-order valence-electron chi connectivity index (χ2n) is 9.07. The minimum Gasteiger partial charge on any atom is -0.396 e. The van der Waals surface area contributed by atoms with E-state index in [-0.39, 0.29) is 24.0 Å². The molecule has 0 amide bonds. The van der Waals surface area contributed by atoms with Gasteiger partial charge in [0.15, 0.2) is 0 Å². The Balaban J connectivity index is 1.64. The predicted molar refractivity (Wildman–Crippen MR) is 100 cm³/mol. The first kappa shape index (κ1) is 19.3. The number of likely N-dealkylation sites (tertiary alicyclic amines) is 1. The number of piperidine rings is 1. The molecule has 3 fully saturated rings. The van der Waals surface area contributed by atoms with Crippen LogP contribution in [0.15, 0.2) is 12.2 Å². The standard InChI is InChI=1S/C21H37NO3/c1-15-3-4-19-17(14-24)20(25)5-9-21(19,2)18(15)8-12-22-10-6-16(13-23)7-11-22/h16-20,23-25H,1,3-14H2,2H3. The van der Waals surface area contributed by atoms with E-state index >= 15 is 0 Å². The number of allylic oxidation sites excluding steroid dienone is 1. The molecule has 4 heteroatoms. The molecule has 144 valence electrons. The van der Waals surface area contributed by atoms with Crippen LogP contribution in [0.4, 0.5) is 0 Å². The second-order valence-corrected chi connectivity index (χ2v) is 9.07. The van der Waals surface area contributed by atoms with E-state index in [0.717, 1.165) is 64.6 Å². The molecule has 3 aliphatic rings. The molecule has 0 aromatic heterocycles. The summed E-state index contributed by atoms with van der Waals surface area (Å²) in [6, 6.07) is 0. The quantitative estimate of drug-likeness (QED) is 0.666. The Morgan fingerprint density at radius 1 is 1.12 bits per heavy atom. The van der Waals surface area contributed by atoms with Gasteiger partial charge in [-0.3, -0.25) is 0 Å². The second kappa shape index (κ2) is 8.08. The molecule has 5 atom stereocenters. The molecule has 0 spiro atoms. The lowest BCUT2D eigenvalue weighted by Gasteiger charge is -2.56. The maximum atomic E-state index is 10.3. The van der Waals surface area contributed by atoms with Crippen LogP contribution in [0.2, 0.25) is 0 Å². The van der Waals surface area contributed by atoms with Crippen LogP contribution in [0.5, 0.6) is 0 Å². The Morgan fingerprint density at radius 3 is 2.48 bits per heavy atom. The van der Waals surface area contributed by atoms with Crippen LogP contribution in [0.1, 0.15) is 51.9 Å². The van der Waals surface area contributed by atoms with E-state index in [1.165, 1.54) is 5.57 Å². The summed E-state index contributed by atoms with van der Waals surface area (Å²) in [6.45, 7) is 10.5. The minimum atomic E-state index is -0.340. The van der Waals surface area contributed by atoms with Crippen molar-refractivity contribution in [3.05, 3.63) is 12.2 Å². The Kier molecular flexibility index (Phi) is 6.25. The van der Waals surface area contributed by atoms with Crippen LogP contribution >= 0.6 is 0 Å². The molecule has 3 N–H and O–H groups in total. The number of hydrogen-bond acceptors (Lipinski definition) is 4. The summed E-state index contributed by atoms with van der Waals surface area (Å²) >= 11 is 0. The van der Waals surface area contributed by atoms with E-state index in [4.69, 9.17) is 0 Å². The lowest BCUT2D eigenvalue weighted by atomic mass is 9.50. The lowest BCUT2D eigenvalue weighted by molar-refractivity contribution is -0.0957. The van der Waals surface area contributed by atoms with Gasteiger partial charge in [-0.2, -0.15) is 0 Å². The average Bonchev–Trinajstić information content (AvgIpc) is 2.62. The number of nitrogens with zero attached hydrogens (tertiary/aromatic N) is 1. The van der Waals surface area contributed by atoms with Gasteiger partial charge in [0.25, 0.3) is 0 Å². The van der Waals surface area contributed by atoms with Crippen molar-refractivity contribution >= 4 is 0 Å². The summed E-state index contributed by atoms with van der Waals surface area (Å²) in [5.41, 5.74) is 1.56. The molecule has 0 aromatic carbocycles. The van der Waals surface area contributed by atoms with Gasteiger partial charge >= 0.3 is 0 Å². The Hall–Kier alpha value is -0.420. The van der Waals surface area contributed by atoms with Gasteiger partial charge in [-0.15, -0.1) is 0 Å². The van der Waals surface area contributed by atoms with E-state index in [1.54, 1.807) is 0 Å². The molecule has 0 radical (unpaired) electrons. The smallest absolute Gasteiger partial charge is 0.0593 e. The fraction of sp³-hybridized carbons (Fsp3) is 0.905. The van der Waals surface area contributed by atoms with Crippen molar-refractivity contribution in [2.45, 2.75) is 58.0 Å². The van der Waals surface area contributed by atoms with E-state index in [2.05, 4.69) is 18.4 Å². The fourth-order valence-electron chi connectivity index (χ4n) is 6.06. The van der Waals surface area contributed by atoms with Gasteiger partial charge in [0.05, 0.1) is 6.10 Å². The highest BCUT2D eigenvalue weighted by Gasteiger charge is 2.52. The number of aliphatic hydroxyl groups excluding tert-OH is 3. The van der Waals surface area contributed by atoms with Gasteiger partial charge in [-0.25, -0.2) is 0 Å². The van der Waals surface area contributed by atoms with Crippen molar-refractivity contribution in [1.29, 1.82) is 0 Å².